The molecule has 1 aromatic carbocycles. The van der Waals surface area contributed by atoms with Gasteiger partial charge in [-0.15, -0.1) is 11.6 Å². The Morgan fingerprint density at radius 2 is 2.12 bits per heavy atom. The second-order valence-corrected chi connectivity index (χ2v) is 5.30. The van der Waals surface area contributed by atoms with Crippen LogP contribution in [0.1, 0.15) is 0 Å². The topological polar surface area (TPSA) is 95.9 Å². The highest BCUT2D eigenvalue weighted by molar-refractivity contribution is 7.92. The lowest BCUT2D eigenvalue weighted by atomic mass is 10.2. The number of anilines is 1. The van der Waals surface area contributed by atoms with Crippen LogP contribution in [0.4, 0.5) is 5.69 Å². The van der Waals surface area contributed by atoms with Crippen LogP contribution in [0.15, 0.2) is 24.3 Å². The molecule has 0 fully saturated rings. The number of hydrogen-bond acceptors (Lipinski definition) is 5. The second kappa shape index (κ2) is 6.11. The highest BCUT2D eigenvalue weighted by atomic mass is 35.5. The molecular formula is C8H11BClNO5S. The first-order valence-corrected chi connectivity index (χ1v) is 6.81. The third-order valence-electron chi connectivity index (χ3n) is 1.69. The van der Waals surface area contributed by atoms with Crippen LogP contribution in [0.25, 0.3) is 0 Å². The van der Waals surface area contributed by atoms with E-state index in [-0.39, 0.29) is 23.1 Å². The highest BCUT2D eigenvalue weighted by Crippen LogP contribution is 2.18. The fourth-order valence-corrected chi connectivity index (χ4v) is 2.49. The van der Waals surface area contributed by atoms with Crippen LogP contribution in [0.5, 0.6) is 5.75 Å². The number of rotatable bonds is 6. The van der Waals surface area contributed by atoms with Crippen LogP contribution >= 0.6 is 11.6 Å². The van der Waals surface area contributed by atoms with E-state index in [1.165, 1.54) is 24.3 Å². The Balaban J connectivity index is 2.79. The summed E-state index contributed by atoms with van der Waals surface area (Å²) in [6.45, 7) is 0. The first-order valence-electron chi connectivity index (χ1n) is 4.62. The van der Waals surface area contributed by atoms with Gasteiger partial charge in [0.15, 0.2) is 0 Å². The summed E-state index contributed by atoms with van der Waals surface area (Å²) in [6, 6.07) is 5.79. The molecule has 0 radical (unpaired) electrons. The largest absolute Gasteiger partial charge is 0.707 e. The van der Waals surface area contributed by atoms with E-state index in [1.54, 1.807) is 0 Å². The van der Waals surface area contributed by atoms with Gasteiger partial charge in [0.25, 0.3) is 0 Å². The molecule has 0 heterocycles. The third-order valence-corrected chi connectivity index (χ3v) is 3.40. The lowest BCUT2D eigenvalue weighted by Gasteiger charge is -2.09. The molecule has 0 aliphatic carbocycles. The van der Waals surface area contributed by atoms with Crippen LogP contribution in [-0.4, -0.2) is 37.4 Å². The van der Waals surface area contributed by atoms with Crippen molar-refractivity contribution < 1.29 is 23.1 Å². The maximum atomic E-state index is 11.4. The van der Waals surface area contributed by atoms with Crippen LogP contribution in [0.2, 0.25) is 0 Å². The van der Waals surface area contributed by atoms with Crippen molar-refractivity contribution in [1.29, 1.82) is 0 Å². The summed E-state index contributed by atoms with van der Waals surface area (Å²) < 4.78 is 29.7. The molecule has 94 valence electrons. The Morgan fingerprint density at radius 1 is 1.41 bits per heavy atom. The van der Waals surface area contributed by atoms with Crippen molar-refractivity contribution in [2.75, 3.05) is 16.4 Å². The summed E-state index contributed by atoms with van der Waals surface area (Å²) in [4.78, 5) is 0. The van der Waals surface area contributed by atoms with E-state index in [2.05, 4.69) is 9.38 Å². The van der Waals surface area contributed by atoms with Crippen LogP contribution < -0.4 is 9.38 Å². The van der Waals surface area contributed by atoms with Crippen molar-refractivity contribution in [3.8, 4) is 5.75 Å². The number of benzene rings is 1. The molecule has 0 atom stereocenters. The maximum absolute atomic E-state index is 11.4. The fraction of sp³-hybridized carbons (Fsp3) is 0.250. The Bertz CT molecular complexity index is 467. The normalized spacial score (nSPS) is 11.0. The molecule has 1 aromatic rings. The zero-order valence-corrected chi connectivity index (χ0v) is 10.3. The van der Waals surface area contributed by atoms with Gasteiger partial charge in [-0.2, -0.15) is 0 Å². The van der Waals surface area contributed by atoms with Crippen molar-refractivity contribution in [1.82, 2.24) is 0 Å². The van der Waals surface area contributed by atoms with Crippen molar-refractivity contribution in [3.63, 3.8) is 0 Å². The number of halogens is 1. The highest BCUT2D eigenvalue weighted by Gasteiger charge is 2.13. The van der Waals surface area contributed by atoms with E-state index in [0.717, 1.165) is 0 Å². The average molecular weight is 280 g/mol. The van der Waals surface area contributed by atoms with E-state index in [1.807, 2.05) is 0 Å². The molecule has 0 spiro atoms. The Labute approximate surface area is 104 Å². The molecule has 0 aliphatic rings. The predicted molar refractivity (Wildman–Crippen MR) is 65.4 cm³/mol. The monoisotopic (exact) mass is 279 g/mol. The molecule has 1 rings (SSSR count). The summed E-state index contributed by atoms with van der Waals surface area (Å²) in [6.07, 6.45) is 0. The summed E-state index contributed by atoms with van der Waals surface area (Å²) in [5, 5.41) is 17.2. The molecule has 6 nitrogen and oxygen atoms in total. The molecule has 9 heteroatoms. The number of alkyl halides is 1. The van der Waals surface area contributed by atoms with Gasteiger partial charge in [-0.05, 0) is 12.1 Å². The van der Waals surface area contributed by atoms with Crippen LogP contribution in [0, 0.1) is 0 Å². The summed E-state index contributed by atoms with van der Waals surface area (Å²) in [5.74, 6) is -0.0885. The van der Waals surface area contributed by atoms with E-state index >= 15 is 0 Å². The molecular weight excluding hydrogens is 268 g/mol. The number of hydrogen-bond donors (Lipinski definition) is 3. The molecule has 0 unspecified atom stereocenters. The lowest BCUT2D eigenvalue weighted by molar-refractivity contribution is 0.288. The van der Waals surface area contributed by atoms with E-state index in [0.29, 0.717) is 0 Å². The van der Waals surface area contributed by atoms with Gasteiger partial charge >= 0.3 is 7.32 Å². The molecule has 0 amide bonds. The van der Waals surface area contributed by atoms with Crippen molar-refractivity contribution in [2.24, 2.45) is 0 Å². The van der Waals surface area contributed by atoms with Crippen LogP contribution in [0.3, 0.4) is 0 Å². The third kappa shape index (κ3) is 5.27. The van der Waals surface area contributed by atoms with E-state index < -0.39 is 17.3 Å². The molecule has 0 saturated heterocycles. The number of nitrogens with one attached hydrogen (secondary N) is 1. The molecule has 0 saturated carbocycles. The minimum atomic E-state index is -3.49. The van der Waals surface area contributed by atoms with Gasteiger partial charge in [0, 0.05) is 11.9 Å². The average Bonchev–Trinajstić information content (AvgIpc) is 2.15. The van der Waals surface area contributed by atoms with Crippen molar-refractivity contribution in [2.45, 2.75) is 0 Å². The van der Waals surface area contributed by atoms with Crippen molar-refractivity contribution >= 4 is 34.6 Å². The van der Waals surface area contributed by atoms with E-state index in [4.69, 9.17) is 21.6 Å². The Hall–Kier alpha value is -0.955. The maximum Gasteiger partial charge on any atom is 0.707 e. The first kappa shape index (κ1) is 14.1. The van der Waals surface area contributed by atoms with E-state index in [9.17, 15) is 8.42 Å². The fourth-order valence-electron chi connectivity index (χ4n) is 1.09. The number of sulfonamides is 1. The smallest absolute Gasteiger partial charge is 0.512 e. The summed E-state index contributed by atoms with van der Waals surface area (Å²) in [5.41, 5.74) is 0.258. The molecule has 0 aliphatic heterocycles. The van der Waals surface area contributed by atoms with Gasteiger partial charge in [-0.3, -0.25) is 4.72 Å². The van der Waals surface area contributed by atoms with Crippen molar-refractivity contribution in [3.05, 3.63) is 24.3 Å². The van der Waals surface area contributed by atoms with Gasteiger partial charge in [0.1, 0.15) is 5.75 Å². The summed E-state index contributed by atoms with van der Waals surface area (Å²) in [7, 11) is -5.45. The van der Waals surface area contributed by atoms with Gasteiger partial charge < -0.3 is 14.7 Å². The minimum Gasteiger partial charge on any atom is -0.512 e. The first-order chi connectivity index (χ1) is 7.93. The van der Waals surface area contributed by atoms with Gasteiger partial charge in [-0.1, -0.05) is 6.07 Å². The quantitative estimate of drug-likeness (QED) is 0.504. The molecule has 0 bridgehead atoms. The molecule has 0 aromatic heterocycles. The standard InChI is InChI=1S/C8H11BClNO5S/c10-4-5-17(14,15)11-7-2-1-3-8(6-7)16-9(12)13/h1-3,6,11-13H,4-5H2. The molecule has 17 heavy (non-hydrogen) atoms. The van der Waals surface area contributed by atoms with Gasteiger partial charge in [0.05, 0.1) is 11.4 Å². The van der Waals surface area contributed by atoms with Gasteiger partial charge in [-0.25, -0.2) is 8.42 Å². The molecule has 3 N–H and O–H groups in total. The second-order valence-electron chi connectivity index (χ2n) is 3.08. The SMILES string of the molecule is O=S(=O)(CCCl)Nc1cccc(OB(O)O)c1. The zero-order chi connectivity index (χ0) is 12.9. The lowest BCUT2D eigenvalue weighted by Crippen LogP contribution is -2.21. The summed E-state index contributed by atoms with van der Waals surface area (Å²) >= 11 is 5.34. The zero-order valence-electron chi connectivity index (χ0n) is 8.71. The predicted octanol–water partition coefficient (Wildman–Crippen LogP) is 0.0154. The Morgan fingerprint density at radius 3 is 2.71 bits per heavy atom. The van der Waals surface area contributed by atoms with Gasteiger partial charge in [0.2, 0.25) is 10.0 Å². The van der Waals surface area contributed by atoms with Crippen LogP contribution in [-0.2, 0) is 10.0 Å². The minimum absolute atomic E-state index is 0.0130. The Kier molecular flexibility index (Phi) is 5.07.